The van der Waals surface area contributed by atoms with E-state index in [1.165, 1.54) is 4.68 Å². The Hall–Kier alpha value is -3.50. The minimum Gasteiger partial charge on any atom is -0.426 e. The van der Waals surface area contributed by atoms with Crippen molar-refractivity contribution in [3.63, 3.8) is 0 Å². The van der Waals surface area contributed by atoms with Crippen molar-refractivity contribution in [2.24, 2.45) is 0 Å². The van der Waals surface area contributed by atoms with E-state index in [4.69, 9.17) is 10.5 Å². The number of rotatable bonds is 6. The zero-order chi connectivity index (χ0) is 22.0. The maximum atomic E-state index is 13.2. The van der Waals surface area contributed by atoms with Crippen LogP contribution in [-0.4, -0.2) is 53.6 Å². The van der Waals surface area contributed by atoms with Crippen molar-refractivity contribution in [3.05, 3.63) is 28.3 Å². The third-order valence-corrected chi connectivity index (χ3v) is 4.77. The molecule has 0 bridgehead atoms. The summed E-state index contributed by atoms with van der Waals surface area (Å²) in [5.41, 5.74) is 7.38. The molecule has 11 nitrogen and oxygen atoms in total. The van der Waals surface area contributed by atoms with Crippen molar-refractivity contribution >= 4 is 23.1 Å². The van der Waals surface area contributed by atoms with Gasteiger partial charge in [-0.15, -0.1) is 5.10 Å². The van der Waals surface area contributed by atoms with Crippen molar-refractivity contribution in [2.45, 2.75) is 47.4 Å². The quantitative estimate of drug-likeness (QED) is 0.647. The Balaban J connectivity index is 1.99. The molecule has 3 aromatic rings. The van der Waals surface area contributed by atoms with Gasteiger partial charge in [-0.05, 0) is 40.7 Å². The highest BCUT2D eigenvalue weighted by molar-refractivity contribution is 5.83. The van der Waals surface area contributed by atoms with Gasteiger partial charge in [-0.1, -0.05) is 5.21 Å². The van der Waals surface area contributed by atoms with Gasteiger partial charge in [0.15, 0.2) is 6.73 Å². The first-order valence-corrected chi connectivity index (χ1v) is 9.78. The number of ether oxygens (including phenoxy) is 1. The summed E-state index contributed by atoms with van der Waals surface area (Å²) in [6, 6.07) is 1.54. The molecule has 0 spiro atoms. The summed E-state index contributed by atoms with van der Waals surface area (Å²) in [5, 5.41) is 8.78. The summed E-state index contributed by atoms with van der Waals surface area (Å²) in [4.78, 5) is 35.2. The van der Waals surface area contributed by atoms with Crippen molar-refractivity contribution in [1.29, 1.82) is 0 Å². The molecule has 0 aliphatic carbocycles. The van der Waals surface area contributed by atoms with Crippen molar-refractivity contribution in [3.8, 4) is 11.3 Å². The van der Waals surface area contributed by atoms with Crippen LogP contribution in [0.25, 0.3) is 22.3 Å². The molecule has 3 heterocycles. The smallest absolute Gasteiger partial charge is 0.411 e. The minimum absolute atomic E-state index is 0.104. The molecule has 0 atom stereocenters. The summed E-state index contributed by atoms with van der Waals surface area (Å²) in [7, 11) is 0. The summed E-state index contributed by atoms with van der Waals surface area (Å²) in [6.07, 6.45) is 1.13. The van der Waals surface area contributed by atoms with Crippen molar-refractivity contribution < 1.29 is 9.53 Å². The van der Waals surface area contributed by atoms with Gasteiger partial charge in [0.25, 0.3) is 5.56 Å². The van der Waals surface area contributed by atoms with Crippen LogP contribution in [0.3, 0.4) is 0 Å². The van der Waals surface area contributed by atoms with Crippen molar-refractivity contribution in [1.82, 2.24) is 34.4 Å². The monoisotopic (exact) mass is 414 g/mol. The number of carbonyl (C=O) groups excluding carboxylic acids is 1. The van der Waals surface area contributed by atoms with Gasteiger partial charge in [0.05, 0.1) is 17.5 Å². The molecule has 0 unspecified atom stereocenters. The fourth-order valence-electron chi connectivity index (χ4n) is 3.21. The molecule has 160 valence electrons. The number of hydrogen-bond donors (Lipinski definition) is 1. The van der Waals surface area contributed by atoms with E-state index in [9.17, 15) is 9.59 Å². The van der Waals surface area contributed by atoms with Gasteiger partial charge >= 0.3 is 6.09 Å². The molecule has 3 rings (SSSR count). The normalized spacial score (nSPS) is 11.3. The number of nitrogen functional groups attached to an aromatic ring is 1. The van der Waals surface area contributed by atoms with Crippen LogP contribution >= 0.6 is 0 Å². The van der Waals surface area contributed by atoms with Crippen LogP contribution in [-0.2, 0) is 11.5 Å². The van der Waals surface area contributed by atoms with Crippen LogP contribution in [0.2, 0.25) is 0 Å². The molecule has 0 aliphatic heterocycles. The predicted molar refractivity (Wildman–Crippen MR) is 112 cm³/mol. The second-order valence-electron chi connectivity index (χ2n) is 7.09. The molecule has 0 fully saturated rings. The first-order chi connectivity index (χ1) is 14.3. The van der Waals surface area contributed by atoms with Crippen LogP contribution in [0.15, 0.2) is 17.1 Å². The van der Waals surface area contributed by atoms with Gasteiger partial charge in [-0.2, -0.15) is 4.98 Å². The van der Waals surface area contributed by atoms with E-state index in [1.807, 2.05) is 34.6 Å². The third kappa shape index (κ3) is 3.95. The summed E-state index contributed by atoms with van der Waals surface area (Å²) >= 11 is 0. The van der Waals surface area contributed by atoms with E-state index in [0.29, 0.717) is 41.1 Å². The largest absolute Gasteiger partial charge is 0.426 e. The second-order valence-corrected chi connectivity index (χ2v) is 7.09. The van der Waals surface area contributed by atoms with Crippen LogP contribution in [0.5, 0.6) is 0 Å². The Morgan fingerprint density at radius 2 is 1.97 bits per heavy atom. The Kier molecular flexibility index (Phi) is 5.99. The lowest BCUT2D eigenvalue weighted by Crippen LogP contribution is -2.31. The molecule has 0 saturated carbocycles. The molecule has 0 radical (unpaired) electrons. The number of hydrogen-bond acceptors (Lipinski definition) is 8. The van der Waals surface area contributed by atoms with Crippen LogP contribution < -0.4 is 11.3 Å². The Morgan fingerprint density at radius 3 is 2.60 bits per heavy atom. The van der Waals surface area contributed by atoms with E-state index in [2.05, 4.69) is 20.3 Å². The lowest BCUT2D eigenvalue weighted by Gasteiger charge is -2.17. The molecular weight excluding hydrogens is 388 g/mol. The number of fused-ring (bicyclic) bond motifs is 1. The number of nitrogens with two attached hydrogens (primary N) is 1. The third-order valence-electron chi connectivity index (χ3n) is 4.77. The maximum Gasteiger partial charge on any atom is 0.411 e. The van der Waals surface area contributed by atoms with Gasteiger partial charge < -0.3 is 15.4 Å². The average Bonchev–Trinajstić information content (AvgIpc) is 3.15. The first kappa shape index (κ1) is 21.2. The summed E-state index contributed by atoms with van der Waals surface area (Å²) < 4.78 is 8.18. The molecule has 3 aromatic heterocycles. The number of carbonyl (C=O) groups is 1. The van der Waals surface area contributed by atoms with Crippen molar-refractivity contribution in [2.75, 3.05) is 18.8 Å². The molecule has 1 amide bonds. The fraction of sp³-hybridized carbons (Fsp3) is 0.474. The maximum absolute atomic E-state index is 13.2. The van der Waals surface area contributed by atoms with E-state index in [-0.39, 0.29) is 24.3 Å². The van der Waals surface area contributed by atoms with Gasteiger partial charge in [0.1, 0.15) is 11.3 Å². The molecule has 0 aliphatic rings. The lowest BCUT2D eigenvalue weighted by molar-refractivity contribution is 0.0734. The highest BCUT2D eigenvalue weighted by Gasteiger charge is 2.19. The number of aromatic nitrogens is 6. The zero-order valence-corrected chi connectivity index (χ0v) is 17.8. The van der Waals surface area contributed by atoms with E-state index < -0.39 is 6.09 Å². The fourth-order valence-corrected chi connectivity index (χ4v) is 3.21. The van der Waals surface area contributed by atoms with Gasteiger partial charge in [0, 0.05) is 24.5 Å². The predicted octanol–water partition coefficient (Wildman–Crippen LogP) is 1.96. The topological polar surface area (TPSA) is 134 Å². The van der Waals surface area contributed by atoms with Gasteiger partial charge in [0.2, 0.25) is 5.95 Å². The molecule has 0 aromatic carbocycles. The lowest BCUT2D eigenvalue weighted by atomic mass is 10.1. The van der Waals surface area contributed by atoms with Crippen LogP contribution in [0.4, 0.5) is 10.7 Å². The average molecular weight is 414 g/mol. The molecule has 2 N–H and O–H groups in total. The molecule has 11 heteroatoms. The molecular formula is C19H26N8O3. The Labute approximate surface area is 173 Å². The summed E-state index contributed by atoms with van der Waals surface area (Å²) in [6.45, 7) is 10.3. The van der Waals surface area contributed by atoms with E-state index in [1.54, 1.807) is 21.7 Å². The SMILES string of the molecule is CCN(CC)C(=O)OCn1cc(-c2cc3c(C)nc(N)nc3n(C(C)C)c2=O)nn1. The van der Waals surface area contributed by atoms with Crippen LogP contribution in [0, 0.1) is 6.92 Å². The Morgan fingerprint density at radius 1 is 1.27 bits per heavy atom. The summed E-state index contributed by atoms with van der Waals surface area (Å²) in [5.74, 6) is 0.113. The zero-order valence-electron chi connectivity index (χ0n) is 17.8. The molecule has 30 heavy (non-hydrogen) atoms. The second kappa shape index (κ2) is 8.47. The standard InChI is InChI=1S/C19H26N8O3/c1-6-25(7-2)19(29)30-10-26-9-15(23-24-26)14-8-13-12(5)21-18(20)22-16(13)27(11(3)4)17(14)28/h8-9,11H,6-7,10H2,1-5H3,(H2,20,21,22). The van der Waals surface area contributed by atoms with Gasteiger partial charge in [-0.3, -0.25) is 9.36 Å². The number of anilines is 1. The number of aryl methyl sites for hydroxylation is 1. The number of amides is 1. The van der Waals surface area contributed by atoms with Crippen LogP contribution in [0.1, 0.15) is 39.4 Å². The van der Waals surface area contributed by atoms with E-state index in [0.717, 1.165) is 0 Å². The van der Waals surface area contributed by atoms with E-state index >= 15 is 0 Å². The number of nitrogens with zero attached hydrogens (tertiary/aromatic N) is 7. The number of pyridine rings is 1. The first-order valence-electron chi connectivity index (χ1n) is 9.78. The minimum atomic E-state index is -0.435. The van der Waals surface area contributed by atoms with Gasteiger partial charge in [-0.25, -0.2) is 14.5 Å². The highest BCUT2D eigenvalue weighted by atomic mass is 16.6. The highest BCUT2D eigenvalue weighted by Crippen LogP contribution is 2.23. The Bertz CT molecular complexity index is 1130. The molecule has 0 saturated heterocycles.